The molecule has 2 aromatic rings. The number of ether oxygens (including phenoxy) is 1. The number of morpholine rings is 1. The quantitative estimate of drug-likeness (QED) is 0.705. The Morgan fingerprint density at radius 3 is 2.81 bits per heavy atom. The molecule has 0 aromatic carbocycles. The van der Waals surface area contributed by atoms with E-state index >= 15 is 0 Å². The van der Waals surface area contributed by atoms with Crippen LogP contribution in [0.15, 0.2) is 24.4 Å². The summed E-state index contributed by atoms with van der Waals surface area (Å²) in [5.74, 6) is 0.997. The Labute approximate surface area is 152 Å². The van der Waals surface area contributed by atoms with Gasteiger partial charge in [0.15, 0.2) is 5.65 Å². The molecule has 140 valence electrons. The highest BCUT2D eigenvalue weighted by Gasteiger charge is 2.16. The van der Waals surface area contributed by atoms with E-state index in [1.165, 1.54) is 0 Å². The number of carbonyl (C=O) groups is 2. The zero-order valence-electron chi connectivity index (χ0n) is 14.9. The molecule has 0 radical (unpaired) electrons. The number of hydrogen-bond acceptors (Lipinski definition) is 5. The van der Waals surface area contributed by atoms with Crippen LogP contribution in [0.5, 0.6) is 0 Å². The third-order valence-electron chi connectivity index (χ3n) is 4.44. The second-order valence-electron chi connectivity index (χ2n) is 6.35. The van der Waals surface area contributed by atoms with Gasteiger partial charge in [-0.2, -0.15) is 0 Å². The molecule has 0 bridgehead atoms. The van der Waals surface area contributed by atoms with Crippen molar-refractivity contribution in [3.63, 3.8) is 0 Å². The van der Waals surface area contributed by atoms with Crippen molar-refractivity contribution in [1.82, 2.24) is 24.8 Å². The molecule has 3 rings (SSSR count). The zero-order chi connectivity index (χ0) is 18.2. The molecule has 0 spiro atoms. The van der Waals surface area contributed by atoms with Gasteiger partial charge >= 0.3 is 0 Å². The highest BCUT2D eigenvalue weighted by Crippen LogP contribution is 2.06. The van der Waals surface area contributed by atoms with Crippen molar-refractivity contribution in [3.05, 3.63) is 30.2 Å². The molecule has 1 aliphatic rings. The highest BCUT2D eigenvalue weighted by atomic mass is 16.5. The summed E-state index contributed by atoms with van der Waals surface area (Å²) in [6.07, 6.45) is 4.86. The van der Waals surface area contributed by atoms with Crippen molar-refractivity contribution in [3.8, 4) is 0 Å². The monoisotopic (exact) mass is 359 g/mol. The van der Waals surface area contributed by atoms with E-state index < -0.39 is 0 Å². The van der Waals surface area contributed by atoms with Gasteiger partial charge in [-0.1, -0.05) is 6.07 Å². The molecule has 1 N–H and O–H groups in total. The van der Waals surface area contributed by atoms with Crippen molar-refractivity contribution < 1.29 is 14.3 Å². The predicted molar refractivity (Wildman–Crippen MR) is 95.6 cm³/mol. The van der Waals surface area contributed by atoms with E-state index in [0.717, 1.165) is 24.3 Å². The van der Waals surface area contributed by atoms with Gasteiger partial charge in [0.05, 0.1) is 13.2 Å². The van der Waals surface area contributed by atoms with Crippen LogP contribution in [-0.2, 0) is 20.7 Å². The molecule has 0 atom stereocenters. The van der Waals surface area contributed by atoms with Gasteiger partial charge in [0.25, 0.3) is 0 Å². The molecule has 26 heavy (non-hydrogen) atoms. The smallest absolute Gasteiger partial charge is 0.222 e. The third-order valence-corrected chi connectivity index (χ3v) is 4.44. The van der Waals surface area contributed by atoms with E-state index in [9.17, 15) is 9.59 Å². The Balaban J connectivity index is 1.29. The van der Waals surface area contributed by atoms with Crippen LogP contribution in [0.25, 0.3) is 5.65 Å². The normalized spacial score (nSPS) is 14.5. The third kappa shape index (κ3) is 5.01. The van der Waals surface area contributed by atoms with E-state index in [1.807, 2.05) is 33.7 Å². The van der Waals surface area contributed by atoms with E-state index in [-0.39, 0.29) is 11.8 Å². The second-order valence-corrected chi connectivity index (χ2v) is 6.35. The minimum absolute atomic E-state index is 0.00845. The van der Waals surface area contributed by atoms with E-state index in [0.29, 0.717) is 52.1 Å². The lowest BCUT2D eigenvalue weighted by molar-refractivity contribution is -0.135. The lowest BCUT2D eigenvalue weighted by Gasteiger charge is -2.26. The number of aryl methyl sites for hydroxylation is 1. The Kier molecular flexibility index (Phi) is 6.54. The number of fused-ring (bicyclic) bond motifs is 1. The van der Waals surface area contributed by atoms with Gasteiger partial charge in [0.1, 0.15) is 5.82 Å². The lowest BCUT2D eigenvalue weighted by Crippen LogP contribution is -2.40. The molecule has 1 fully saturated rings. The largest absolute Gasteiger partial charge is 0.378 e. The number of amides is 2. The molecule has 0 aliphatic carbocycles. The van der Waals surface area contributed by atoms with Crippen LogP contribution >= 0.6 is 0 Å². The summed E-state index contributed by atoms with van der Waals surface area (Å²) in [5.41, 5.74) is 0.830. The summed E-state index contributed by atoms with van der Waals surface area (Å²) < 4.78 is 7.19. The Morgan fingerprint density at radius 1 is 1.12 bits per heavy atom. The molecular weight excluding hydrogens is 334 g/mol. The molecule has 0 saturated carbocycles. The summed E-state index contributed by atoms with van der Waals surface area (Å²) in [6.45, 7) is 3.11. The van der Waals surface area contributed by atoms with Gasteiger partial charge in [-0.25, -0.2) is 0 Å². The first kappa shape index (κ1) is 18.3. The number of carbonyl (C=O) groups excluding carboxylic acids is 2. The molecule has 1 saturated heterocycles. The van der Waals surface area contributed by atoms with Crippen LogP contribution in [0.2, 0.25) is 0 Å². The fourth-order valence-corrected chi connectivity index (χ4v) is 3.00. The predicted octanol–water partition coefficient (Wildman–Crippen LogP) is 0.807. The number of rotatable bonds is 8. The molecule has 1 aliphatic heterocycles. The van der Waals surface area contributed by atoms with Gasteiger partial charge in [0, 0.05) is 45.1 Å². The lowest BCUT2D eigenvalue weighted by atomic mass is 10.2. The highest BCUT2D eigenvalue weighted by molar-refractivity contribution is 5.79. The fourth-order valence-electron chi connectivity index (χ4n) is 3.00. The van der Waals surface area contributed by atoms with Crippen molar-refractivity contribution in [2.45, 2.75) is 32.1 Å². The van der Waals surface area contributed by atoms with Crippen molar-refractivity contribution >= 4 is 17.5 Å². The average Bonchev–Trinajstić information content (AvgIpc) is 3.09. The molecular formula is C18H25N5O3. The Bertz CT molecular complexity index is 739. The van der Waals surface area contributed by atoms with Crippen LogP contribution in [-0.4, -0.2) is 64.2 Å². The molecule has 8 heteroatoms. The maximum absolute atomic E-state index is 12.0. The number of nitrogens with zero attached hydrogens (tertiary/aromatic N) is 4. The molecule has 2 aromatic heterocycles. The standard InChI is InChI=1S/C18H25N5O3/c24-17(7-3-8-18(25)22-11-13-26-14-12-22)19-9-4-6-16-21-20-15-5-1-2-10-23(15)16/h1-2,5,10H,3-4,6-9,11-14H2,(H,19,24). The second kappa shape index (κ2) is 9.28. The molecule has 0 unspecified atom stereocenters. The van der Waals surface area contributed by atoms with Gasteiger partial charge < -0.3 is 15.0 Å². The van der Waals surface area contributed by atoms with E-state index in [1.54, 1.807) is 0 Å². The van der Waals surface area contributed by atoms with Crippen LogP contribution < -0.4 is 5.32 Å². The molecule has 8 nitrogen and oxygen atoms in total. The Hall–Kier alpha value is -2.48. The van der Waals surface area contributed by atoms with Crippen molar-refractivity contribution in [2.24, 2.45) is 0 Å². The van der Waals surface area contributed by atoms with Crippen LogP contribution in [0.1, 0.15) is 31.5 Å². The first-order valence-corrected chi connectivity index (χ1v) is 9.15. The number of pyridine rings is 1. The SMILES string of the molecule is O=C(CCCC(=O)N1CCOCC1)NCCCc1nnc2ccccn12. The van der Waals surface area contributed by atoms with Crippen LogP contribution in [0.4, 0.5) is 0 Å². The first-order valence-electron chi connectivity index (χ1n) is 9.15. The van der Waals surface area contributed by atoms with Gasteiger partial charge in [-0.15, -0.1) is 10.2 Å². The van der Waals surface area contributed by atoms with Crippen molar-refractivity contribution in [1.29, 1.82) is 0 Å². The summed E-state index contributed by atoms with van der Waals surface area (Å²) >= 11 is 0. The van der Waals surface area contributed by atoms with Crippen LogP contribution in [0, 0.1) is 0 Å². The summed E-state index contributed by atoms with van der Waals surface area (Å²) in [6, 6.07) is 5.79. The minimum Gasteiger partial charge on any atom is -0.378 e. The topological polar surface area (TPSA) is 88.8 Å². The minimum atomic E-state index is -0.00845. The Morgan fingerprint density at radius 2 is 1.96 bits per heavy atom. The number of hydrogen-bond donors (Lipinski definition) is 1. The summed E-state index contributed by atoms with van der Waals surface area (Å²) in [7, 11) is 0. The van der Waals surface area contributed by atoms with Crippen molar-refractivity contribution in [2.75, 3.05) is 32.8 Å². The zero-order valence-corrected chi connectivity index (χ0v) is 14.9. The maximum Gasteiger partial charge on any atom is 0.222 e. The van der Waals surface area contributed by atoms with Gasteiger partial charge in [-0.05, 0) is 25.0 Å². The van der Waals surface area contributed by atoms with Crippen LogP contribution in [0.3, 0.4) is 0 Å². The molecule has 2 amide bonds. The summed E-state index contributed by atoms with van der Waals surface area (Å²) in [5, 5.41) is 11.2. The first-order chi connectivity index (χ1) is 12.7. The fraction of sp³-hybridized carbons (Fsp3) is 0.556. The summed E-state index contributed by atoms with van der Waals surface area (Å²) in [4.78, 5) is 25.7. The van der Waals surface area contributed by atoms with Gasteiger partial charge in [-0.3, -0.25) is 14.0 Å². The van der Waals surface area contributed by atoms with Gasteiger partial charge in [0.2, 0.25) is 11.8 Å². The average molecular weight is 359 g/mol. The van der Waals surface area contributed by atoms with E-state index in [2.05, 4.69) is 15.5 Å². The maximum atomic E-state index is 12.0. The van der Waals surface area contributed by atoms with E-state index in [4.69, 9.17) is 4.74 Å². The molecule has 3 heterocycles. The number of nitrogens with one attached hydrogen (secondary N) is 1. The number of aromatic nitrogens is 3.